The summed E-state index contributed by atoms with van der Waals surface area (Å²) in [6.45, 7) is 1.58. The van der Waals surface area contributed by atoms with Gasteiger partial charge in [-0.15, -0.1) is 0 Å². The number of amides is 2. The molecule has 8 nitrogen and oxygen atoms in total. The molecule has 42 heavy (non-hydrogen) atoms. The van der Waals surface area contributed by atoms with Crippen molar-refractivity contribution in [2.45, 2.75) is 24.3 Å². The van der Waals surface area contributed by atoms with Crippen molar-refractivity contribution in [2.75, 3.05) is 19.6 Å². The second-order valence-corrected chi connectivity index (χ2v) is 12.4. The maximum absolute atomic E-state index is 13.6. The third-order valence-electron chi connectivity index (χ3n) is 6.71. The number of primary sulfonamides is 1. The average Bonchev–Trinajstić information content (AvgIpc) is 2.98. The molecular formula is C32H33BrN4O4S. The van der Waals surface area contributed by atoms with Gasteiger partial charge in [0.25, 0.3) is 5.91 Å². The molecule has 4 aromatic carbocycles. The van der Waals surface area contributed by atoms with Gasteiger partial charge in [-0.1, -0.05) is 70.5 Å². The molecule has 0 heterocycles. The van der Waals surface area contributed by atoms with Crippen molar-refractivity contribution in [1.29, 1.82) is 0 Å². The summed E-state index contributed by atoms with van der Waals surface area (Å²) in [5, 5.41) is 8.02. The summed E-state index contributed by atoms with van der Waals surface area (Å²) >= 11 is 3.47. The Labute approximate surface area is 254 Å². The van der Waals surface area contributed by atoms with Gasteiger partial charge in [-0.3, -0.25) is 9.59 Å². The summed E-state index contributed by atoms with van der Waals surface area (Å²) in [5.41, 5.74) is 10.6. The zero-order chi connectivity index (χ0) is 30.1. The monoisotopic (exact) mass is 648 g/mol. The van der Waals surface area contributed by atoms with E-state index in [1.165, 1.54) is 12.1 Å². The normalized spacial score (nSPS) is 11.2. The minimum atomic E-state index is -3.78. The van der Waals surface area contributed by atoms with Crippen molar-refractivity contribution in [3.63, 3.8) is 0 Å². The van der Waals surface area contributed by atoms with Crippen LogP contribution in [0.15, 0.2) is 106 Å². The first-order valence-electron chi connectivity index (χ1n) is 13.4. The highest BCUT2D eigenvalue weighted by atomic mass is 79.9. The second-order valence-electron chi connectivity index (χ2n) is 9.89. The smallest absolute Gasteiger partial charge is 0.251 e. The van der Waals surface area contributed by atoms with Gasteiger partial charge < -0.3 is 16.0 Å². The Morgan fingerprint density at radius 3 is 2.17 bits per heavy atom. The summed E-state index contributed by atoms with van der Waals surface area (Å²) in [4.78, 5) is 27.9. The van der Waals surface area contributed by atoms with Crippen LogP contribution < -0.4 is 16.2 Å². The molecule has 4 aromatic rings. The summed E-state index contributed by atoms with van der Waals surface area (Å²) in [6, 6.07) is 29.4. The third kappa shape index (κ3) is 8.83. The molecule has 0 fully saturated rings. The molecule has 10 heteroatoms. The summed E-state index contributed by atoms with van der Waals surface area (Å²) in [6.07, 6.45) is 0.776. The van der Waals surface area contributed by atoms with Crippen LogP contribution in [0.5, 0.6) is 0 Å². The number of rotatable bonds is 12. The number of nitrogens with two attached hydrogens (primary N) is 2. The maximum atomic E-state index is 13.6. The molecule has 218 valence electrons. The van der Waals surface area contributed by atoms with Crippen LogP contribution in [0.4, 0.5) is 0 Å². The Balaban J connectivity index is 1.55. The maximum Gasteiger partial charge on any atom is 0.251 e. The number of carbonyl (C=O) groups is 2. The minimum Gasteiger partial charge on any atom is -0.351 e. The van der Waals surface area contributed by atoms with E-state index in [2.05, 4.69) is 21.2 Å². The van der Waals surface area contributed by atoms with E-state index in [9.17, 15) is 18.0 Å². The predicted octanol–water partition coefficient (Wildman–Crippen LogP) is 4.27. The molecule has 0 aliphatic carbocycles. The van der Waals surface area contributed by atoms with Gasteiger partial charge in [0.15, 0.2) is 0 Å². The molecule has 2 amide bonds. The van der Waals surface area contributed by atoms with Crippen LogP contribution in [0.3, 0.4) is 0 Å². The highest BCUT2D eigenvalue weighted by Gasteiger charge is 2.16. The topological polar surface area (TPSA) is 136 Å². The molecular weight excluding hydrogens is 616 g/mol. The standard InChI is InChI=1S/C32H33BrN4O4S/c33-29-9-2-4-24(19-29)20-31(38)37(17-14-23-10-12-30(13-11-23)42(35,40)41)22-25-5-1-6-26(18-25)27-7-3-8-28(21-27)32(39)36-16-15-34/h1-13,18-19,21H,14-17,20,22,34H2,(H,36,39)(H2,35,40,41). The van der Waals surface area contributed by atoms with Crippen molar-refractivity contribution in [1.82, 2.24) is 10.2 Å². The largest absolute Gasteiger partial charge is 0.351 e. The lowest BCUT2D eigenvalue weighted by atomic mass is 10.0. The van der Waals surface area contributed by atoms with Gasteiger partial charge in [0.1, 0.15) is 0 Å². The van der Waals surface area contributed by atoms with Crippen LogP contribution in [0.25, 0.3) is 11.1 Å². The summed E-state index contributed by atoms with van der Waals surface area (Å²) in [5.74, 6) is -0.210. The fourth-order valence-corrected chi connectivity index (χ4v) is 5.49. The first kappa shape index (κ1) is 31.1. The van der Waals surface area contributed by atoms with Gasteiger partial charge in [0.05, 0.1) is 11.3 Å². The lowest BCUT2D eigenvalue weighted by Crippen LogP contribution is -2.33. The molecule has 0 spiro atoms. The number of hydrogen-bond acceptors (Lipinski definition) is 5. The fourth-order valence-electron chi connectivity index (χ4n) is 4.53. The fraction of sp³-hybridized carbons (Fsp3) is 0.188. The van der Waals surface area contributed by atoms with E-state index in [1.54, 1.807) is 18.2 Å². The predicted molar refractivity (Wildman–Crippen MR) is 168 cm³/mol. The molecule has 0 bridgehead atoms. The lowest BCUT2D eigenvalue weighted by molar-refractivity contribution is -0.131. The first-order chi connectivity index (χ1) is 20.1. The SMILES string of the molecule is NCCNC(=O)c1cccc(-c2cccc(CN(CCc3ccc(S(N)(=O)=O)cc3)C(=O)Cc3cccc(Br)c3)c2)c1. The first-order valence-corrected chi connectivity index (χ1v) is 15.8. The van der Waals surface area contributed by atoms with Crippen molar-refractivity contribution in [3.8, 4) is 11.1 Å². The van der Waals surface area contributed by atoms with E-state index in [-0.39, 0.29) is 23.1 Å². The highest BCUT2D eigenvalue weighted by molar-refractivity contribution is 9.10. The van der Waals surface area contributed by atoms with E-state index in [1.807, 2.05) is 71.6 Å². The van der Waals surface area contributed by atoms with E-state index in [0.717, 1.165) is 32.3 Å². The van der Waals surface area contributed by atoms with Crippen LogP contribution in [-0.2, 0) is 34.2 Å². The summed E-state index contributed by atoms with van der Waals surface area (Å²) in [7, 11) is -3.78. The number of carbonyl (C=O) groups excluding carboxylic acids is 2. The van der Waals surface area contributed by atoms with Gasteiger partial charge in [0, 0.05) is 36.2 Å². The number of nitrogens with one attached hydrogen (secondary N) is 1. The average molecular weight is 650 g/mol. The van der Waals surface area contributed by atoms with Crippen LogP contribution in [0.2, 0.25) is 0 Å². The van der Waals surface area contributed by atoms with Gasteiger partial charge in [-0.25, -0.2) is 13.6 Å². The Bertz CT molecular complexity index is 1660. The van der Waals surface area contributed by atoms with Crippen molar-refractivity contribution in [3.05, 3.63) is 124 Å². The molecule has 0 radical (unpaired) electrons. The quantitative estimate of drug-likeness (QED) is 0.211. The van der Waals surface area contributed by atoms with Crippen molar-refractivity contribution >= 4 is 37.8 Å². The van der Waals surface area contributed by atoms with Gasteiger partial charge >= 0.3 is 0 Å². The zero-order valence-corrected chi connectivity index (χ0v) is 25.4. The van der Waals surface area contributed by atoms with E-state index in [4.69, 9.17) is 10.9 Å². The Hall–Kier alpha value is -3.83. The van der Waals surface area contributed by atoms with Crippen LogP contribution in [-0.4, -0.2) is 44.8 Å². The molecule has 4 rings (SSSR count). The van der Waals surface area contributed by atoms with Gasteiger partial charge in [-0.05, 0) is 76.7 Å². The van der Waals surface area contributed by atoms with Crippen LogP contribution in [0, 0.1) is 0 Å². The van der Waals surface area contributed by atoms with Crippen LogP contribution in [0.1, 0.15) is 27.0 Å². The molecule has 0 aliphatic heterocycles. The number of benzene rings is 4. The minimum absolute atomic E-state index is 0.0294. The van der Waals surface area contributed by atoms with Gasteiger partial charge in [0.2, 0.25) is 15.9 Å². The Morgan fingerprint density at radius 2 is 1.48 bits per heavy atom. The number of sulfonamides is 1. The second kappa shape index (κ2) is 14.4. The molecule has 0 saturated heterocycles. The molecule has 0 unspecified atom stereocenters. The van der Waals surface area contributed by atoms with E-state index >= 15 is 0 Å². The van der Waals surface area contributed by atoms with Crippen molar-refractivity contribution in [2.24, 2.45) is 10.9 Å². The molecule has 0 saturated carbocycles. The molecule has 0 aliphatic rings. The number of halogens is 1. The van der Waals surface area contributed by atoms with E-state index < -0.39 is 10.0 Å². The highest BCUT2D eigenvalue weighted by Crippen LogP contribution is 2.23. The van der Waals surface area contributed by atoms with Gasteiger partial charge in [-0.2, -0.15) is 0 Å². The third-order valence-corrected chi connectivity index (χ3v) is 8.13. The zero-order valence-electron chi connectivity index (χ0n) is 23.0. The Kier molecular flexibility index (Phi) is 10.6. The molecule has 5 N–H and O–H groups in total. The molecule has 0 atom stereocenters. The van der Waals surface area contributed by atoms with E-state index in [0.29, 0.717) is 38.2 Å². The summed E-state index contributed by atoms with van der Waals surface area (Å²) < 4.78 is 24.1. The number of nitrogens with zero attached hydrogens (tertiary/aromatic N) is 1. The Morgan fingerprint density at radius 1 is 0.810 bits per heavy atom. The van der Waals surface area contributed by atoms with Crippen LogP contribution >= 0.6 is 15.9 Å². The lowest BCUT2D eigenvalue weighted by Gasteiger charge is -2.24. The molecule has 0 aromatic heterocycles. The number of hydrogen-bond donors (Lipinski definition) is 3. The van der Waals surface area contributed by atoms with Crippen molar-refractivity contribution < 1.29 is 18.0 Å².